The Bertz CT molecular complexity index is 634. The molecule has 1 amide bonds. The van der Waals surface area contributed by atoms with Gasteiger partial charge in [0.1, 0.15) is 5.82 Å². The van der Waals surface area contributed by atoms with Gasteiger partial charge >= 0.3 is 0 Å². The summed E-state index contributed by atoms with van der Waals surface area (Å²) >= 11 is 0. The summed E-state index contributed by atoms with van der Waals surface area (Å²) in [7, 11) is 2.20. The lowest BCUT2D eigenvalue weighted by Gasteiger charge is -2.37. The van der Waals surface area contributed by atoms with Crippen molar-refractivity contribution < 1.29 is 4.79 Å². The number of nitrogens with zero attached hydrogens (tertiary/aromatic N) is 4. The summed E-state index contributed by atoms with van der Waals surface area (Å²) in [5.74, 6) is 1.00. The van der Waals surface area contributed by atoms with Crippen LogP contribution in [0.25, 0.3) is 0 Å². The molecule has 2 fully saturated rings. The predicted molar refractivity (Wildman–Crippen MR) is 108 cm³/mol. The Labute approximate surface area is 163 Å². The smallest absolute Gasteiger partial charge is 0.237 e. The van der Waals surface area contributed by atoms with Crippen molar-refractivity contribution in [3.05, 3.63) is 23.3 Å². The highest BCUT2D eigenvalue weighted by molar-refractivity contribution is 5.82. The van der Waals surface area contributed by atoms with Gasteiger partial charge in [-0.05, 0) is 77.7 Å². The molecule has 0 saturated carbocycles. The highest BCUT2D eigenvalue weighted by Crippen LogP contribution is 2.43. The van der Waals surface area contributed by atoms with Crippen LogP contribution in [0, 0.1) is 19.3 Å². The van der Waals surface area contributed by atoms with Crippen molar-refractivity contribution in [1.82, 2.24) is 25.1 Å². The summed E-state index contributed by atoms with van der Waals surface area (Å²) in [5, 5.41) is 3.16. The second-order valence-corrected chi connectivity index (χ2v) is 8.60. The molecule has 2 aliphatic heterocycles. The second-order valence-electron chi connectivity index (χ2n) is 8.60. The van der Waals surface area contributed by atoms with Crippen LogP contribution in [0.2, 0.25) is 0 Å². The van der Waals surface area contributed by atoms with Gasteiger partial charge in [-0.2, -0.15) is 0 Å². The van der Waals surface area contributed by atoms with E-state index in [1.54, 1.807) is 0 Å². The molecule has 1 N–H and O–H groups in total. The van der Waals surface area contributed by atoms with Gasteiger partial charge in [0.15, 0.2) is 0 Å². The summed E-state index contributed by atoms with van der Waals surface area (Å²) in [6.45, 7) is 11.2. The number of hydrogen-bond acceptors (Lipinski definition) is 5. The molecule has 1 atom stereocenters. The summed E-state index contributed by atoms with van der Waals surface area (Å²) in [5.41, 5.74) is 2.30. The maximum absolute atomic E-state index is 12.9. The highest BCUT2D eigenvalue weighted by atomic mass is 16.2. The van der Waals surface area contributed by atoms with Gasteiger partial charge in [-0.1, -0.05) is 6.92 Å². The van der Waals surface area contributed by atoms with Crippen LogP contribution in [0.4, 0.5) is 0 Å². The Hall–Kier alpha value is -1.53. The zero-order valence-corrected chi connectivity index (χ0v) is 17.4. The second kappa shape index (κ2) is 8.65. The molecule has 1 aromatic heterocycles. The molecule has 0 aromatic carbocycles. The Morgan fingerprint density at radius 2 is 1.93 bits per heavy atom. The zero-order chi connectivity index (χ0) is 19.4. The third kappa shape index (κ3) is 5.05. The van der Waals surface area contributed by atoms with Crippen molar-refractivity contribution in [2.24, 2.45) is 5.41 Å². The zero-order valence-electron chi connectivity index (χ0n) is 17.4. The van der Waals surface area contributed by atoms with E-state index in [0.29, 0.717) is 18.4 Å². The summed E-state index contributed by atoms with van der Waals surface area (Å²) in [4.78, 5) is 26.7. The number of amides is 1. The van der Waals surface area contributed by atoms with E-state index in [-0.39, 0.29) is 11.9 Å². The molecule has 3 rings (SSSR count). The van der Waals surface area contributed by atoms with E-state index in [1.807, 2.05) is 19.9 Å². The number of aromatic nitrogens is 2. The SMILES string of the molecule is CCCN1CC2(CCN(C)CC2)CC1C(=O)NCCc1nc(C)cc(C)n1. The number of aryl methyl sites for hydroxylation is 2. The number of hydrogen-bond donors (Lipinski definition) is 1. The third-order valence-corrected chi connectivity index (χ3v) is 6.14. The molecule has 0 bridgehead atoms. The number of likely N-dealkylation sites (tertiary alicyclic amines) is 2. The van der Waals surface area contributed by atoms with Crippen LogP contribution in [0.3, 0.4) is 0 Å². The van der Waals surface area contributed by atoms with Crippen LogP contribution >= 0.6 is 0 Å². The molecule has 2 aliphatic rings. The normalized spacial score (nSPS) is 23.0. The first kappa shape index (κ1) is 20.2. The standard InChI is InChI=1S/C21H35N5O/c1-5-10-26-15-21(7-11-25(4)12-8-21)14-18(26)20(27)22-9-6-19-23-16(2)13-17(3)24-19/h13,18H,5-12,14-15H2,1-4H3,(H,22,27). The van der Waals surface area contributed by atoms with Crippen LogP contribution in [-0.2, 0) is 11.2 Å². The van der Waals surface area contributed by atoms with Gasteiger partial charge in [0.05, 0.1) is 6.04 Å². The minimum atomic E-state index is 0.0218. The van der Waals surface area contributed by atoms with Gasteiger partial charge in [0.2, 0.25) is 5.91 Å². The number of nitrogens with one attached hydrogen (secondary N) is 1. The number of carbonyl (C=O) groups excluding carboxylic acids is 1. The number of piperidine rings is 1. The largest absolute Gasteiger partial charge is 0.354 e. The molecular weight excluding hydrogens is 338 g/mol. The quantitative estimate of drug-likeness (QED) is 0.826. The molecule has 6 heteroatoms. The topological polar surface area (TPSA) is 61.4 Å². The molecule has 0 aliphatic carbocycles. The molecule has 2 saturated heterocycles. The van der Waals surface area contributed by atoms with Gasteiger partial charge in [0.25, 0.3) is 0 Å². The summed E-state index contributed by atoms with van der Waals surface area (Å²) in [6, 6.07) is 2.00. The monoisotopic (exact) mass is 373 g/mol. The predicted octanol–water partition coefficient (Wildman–Crippen LogP) is 1.95. The summed E-state index contributed by atoms with van der Waals surface area (Å²) < 4.78 is 0. The molecule has 0 radical (unpaired) electrons. The van der Waals surface area contributed by atoms with E-state index in [9.17, 15) is 4.79 Å². The molecule has 1 aromatic rings. The van der Waals surface area contributed by atoms with E-state index in [1.165, 1.54) is 12.8 Å². The minimum absolute atomic E-state index is 0.0218. The maximum atomic E-state index is 12.9. The van der Waals surface area contributed by atoms with Crippen molar-refractivity contribution in [2.75, 3.05) is 39.8 Å². The van der Waals surface area contributed by atoms with Crippen molar-refractivity contribution in [3.63, 3.8) is 0 Å². The van der Waals surface area contributed by atoms with Crippen LogP contribution in [0.15, 0.2) is 6.07 Å². The lowest BCUT2D eigenvalue weighted by molar-refractivity contribution is -0.125. The summed E-state index contributed by atoms with van der Waals surface area (Å²) in [6.07, 6.45) is 5.21. The Morgan fingerprint density at radius 3 is 2.56 bits per heavy atom. The number of carbonyl (C=O) groups is 1. The van der Waals surface area contributed by atoms with Crippen LogP contribution in [0.5, 0.6) is 0 Å². The lowest BCUT2D eigenvalue weighted by atomic mass is 9.76. The molecule has 3 heterocycles. The molecule has 1 unspecified atom stereocenters. The van der Waals surface area contributed by atoms with E-state index in [4.69, 9.17) is 0 Å². The highest BCUT2D eigenvalue weighted by Gasteiger charge is 2.47. The van der Waals surface area contributed by atoms with E-state index >= 15 is 0 Å². The number of rotatable bonds is 6. The minimum Gasteiger partial charge on any atom is -0.354 e. The molecule has 6 nitrogen and oxygen atoms in total. The van der Waals surface area contributed by atoms with Gasteiger partial charge in [-0.25, -0.2) is 9.97 Å². The Morgan fingerprint density at radius 1 is 1.26 bits per heavy atom. The Balaban J connectivity index is 1.57. The fourth-order valence-corrected chi connectivity index (χ4v) is 4.71. The van der Waals surface area contributed by atoms with Gasteiger partial charge in [-0.15, -0.1) is 0 Å². The third-order valence-electron chi connectivity index (χ3n) is 6.14. The van der Waals surface area contributed by atoms with Crippen molar-refractivity contribution in [1.29, 1.82) is 0 Å². The van der Waals surface area contributed by atoms with Gasteiger partial charge in [0, 0.05) is 30.9 Å². The average Bonchev–Trinajstić information content (AvgIpc) is 2.96. The average molecular weight is 374 g/mol. The lowest BCUT2D eigenvalue weighted by Crippen LogP contribution is -2.44. The first-order chi connectivity index (χ1) is 12.9. The fraction of sp³-hybridized carbons (Fsp3) is 0.762. The Kier molecular flexibility index (Phi) is 6.48. The van der Waals surface area contributed by atoms with E-state index < -0.39 is 0 Å². The van der Waals surface area contributed by atoms with Crippen molar-refractivity contribution in [2.45, 2.75) is 58.9 Å². The fourth-order valence-electron chi connectivity index (χ4n) is 4.71. The first-order valence-corrected chi connectivity index (χ1v) is 10.4. The van der Waals surface area contributed by atoms with E-state index in [2.05, 4.69) is 39.1 Å². The van der Waals surface area contributed by atoms with Crippen molar-refractivity contribution in [3.8, 4) is 0 Å². The van der Waals surface area contributed by atoms with Crippen molar-refractivity contribution >= 4 is 5.91 Å². The van der Waals surface area contributed by atoms with E-state index in [0.717, 1.165) is 56.2 Å². The molecule has 1 spiro atoms. The molecule has 27 heavy (non-hydrogen) atoms. The van der Waals surface area contributed by atoms with Crippen LogP contribution in [-0.4, -0.2) is 71.5 Å². The van der Waals surface area contributed by atoms with Crippen LogP contribution in [0.1, 0.15) is 49.8 Å². The first-order valence-electron chi connectivity index (χ1n) is 10.4. The molecule has 150 valence electrons. The molecular formula is C21H35N5O. The van der Waals surface area contributed by atoms with Crippen LogP contribution < -0.4 is 5.32 Å². The maximum Gasteiger partial charge on any atom is 0.237 e. The van der Waals surface area contributed by atoms with Gasteiger partial charge in [-0.3, -0.25) is 9.69 Å². The van der Waals surface area contributed by atoms with Gasteiger partial charge < -0.3 is 10.2 Å².